The Hall–Kier alpha value is 0.826. The van der Waals surface area contributed by atoms with Gasteiger partial charge in [-0.15, -0.1) is 0 Å². The molecule has 0 aromatic rings. The molecule has 0 amide bonds. The molecule has 0 rings (SSSR count). The van der Waals surface area contributed by atoms with Crippen LogP contribution in [0.4, 0.5) is 48.3 Å². The largest absolute Gasteiger partial charge is 0.457 e. The summed E-state index contributed by atoms with van der Waals surface area (Å²) >= 11 is 0. The summed E-state index contributed by atoms with van der Waals surface area (Å²) in [4.78, 5) is 0. The Balaban J connectivity index is 0. The Morgan fingerprint density at radius 1 is 0.500 bits per heavy atom. The van der Waals surface area contributed by atoms with Crippen LogP contribution >= 0.6 is 0 Å². The maximum Gasteiger partial charge on any atom is 0.457 e. The van der Waals surface area contributed by atoms with Gasteiger partial charge in [0.05, 0.1) is 0 Å². The molecule has 0 fully saturated rings. The summed E-state index contributed by atoms with van der Waals surface area (Å²) in [5.74, 6) is -7.43. The molecule has 0 aliphatic rings. The van der Waals surface area contributed by atoms with Crippen LogP contribution in [0.1, 0.15) is 0 Å². The summed E-state index contributed by atoms with van der Waals surface area (Å²) in [5.41, 5.74) is -7.20. The Bertz CT molecular complexity index is 271. The quantitative estimate of drug-likeness (QED) is 0.581. The van der Waals surface area contributed by atoms with Crippen molar-refractivity contribution in [1.82, 2.24) is 0 Å². The SMILES string of the molecule is OC(C(F)(F)F)(C(F)(F)F)C(F)(F)C(F)(F)F.[K]. The van der Waals surface area contributed by atoms with Gasteiger partial charge in [0, 0.05) is 51.4 Å². The first-order chi connectivity index (χ1) is 7.00. The van der Waals surface area contributed by atoms with Gasteiger partial charge in [0.1, 0.15) is 0 Å². The van der Waals surface area contributed by atoms with Crippen molar-refractivity contribution in [1.29, 1.82) is 0 Å². The summed E-state index contributed by atoms with van der Waals surface area (Å²) in [6.45, 7) is 0. The van der Waals surface area contributed by atoms with Crippen LogP contribution in [0.3, 0.4) is 0 Å². The third-order valence-electron chi connectivity index (χ3n) is 1.63. The van der Waals surface area contributed by atoms with Gasteiger partial charge in [-0.3, -0.25) is 0 Å². The van der Waals surface area contributed by atoms with Crippen LogP contribution in [0.25, 0.3) is 0 Å². The van der Waals surface area contributed by atoms with E-state index in [0.717, 1.165) is 0 Å². The van der Waals surface area contributed by atoms with Crippen molar-refractivity contribution in [3.8, 4) is 0 Å². The van der Waals surface area contributed by atoms with Gasteiger partial charge in [-0.1, -0.05) is 0 Å². The van der Waals surface area contributed by atoms with Crippen molar-refractivity contribution < 1.29 is 53.4 Å². The normalized spacial score (nSPS) is 15.3. The maximum atomic E-state index is 12.2. The summed E-state index contributed by atoms with van der Waals surface area (Å²) < 4.78 is 129. The van der Waals surface area contributed by atoms with Gasteiger partial charge < -0.3 is 5.11 Å². The molecule has 0 atom stereocenters. The third kappa shape index (κ3) is 3.11. The summed E-state index contributed by atoms with van der Waals surface area (Å²) in [7, 11) is 0. The monoisotopic (exact) mass is 325 g/mol. The summed E-state index contributed by atoms with van der Waals surface area (Å²) in [6.07, 6.45) is -21.7. The molecule has 18 heavy (non-hydrogen) atoms. The fraction of sp³-hybridized carbons (Fsp3) is 1.00. The predicted octanol–water partition coefficient (Wildman–Crippen LogP) is 2.66. The fourth-order valence-electron chi connectivity index (χ4n) is 0.722. The average Bonchev–Trinajstić information content (AvgIpc) is 1.95. The van der Waals surface area contributed by atoms with E-state index in [1.54, 1.807) is 0 Å². The number of hydrogen-bond acceptors (Lipinski definition) is 1. The van der Waals surface area contributed by atoms with Gasteiger partial charge in [-0.25, -0.2) is 0 Å². The molecule has 13 heteroatoms. The first-order valence-corrected chi connectivity index (χ1v) is 3.30. The number of rotatable bonds is 1. The molecule has 0 spiro atoms. The second-order valence-electron chi connectivity index (χ2n) is 2.78. The van der Waals surface area contributed by atoms with E-state index in [9.17, 15) is 48.3 Å². The van der Waals surface area contributed by atoms with E-state index < -0.39 is 30.1 Å². The van der Waals surface area contributed by atoms with E-state index in [-0.39, 0.29) is 51.4 Å². The van der Waals surface area contributed by atoms with Crippen LogP contribution in [-0.2, 0) is 0 Å². The molecule has 1 radical (unpaired) electrons. The Morgan fingerprint density at radius 2 is 0.722 bits per heavy atom. The Morgan fingerprint density at radius 3 is 0.778 bits per heavy atom. The zero-order valence-electron chi connectivity index (χ0n) is 8.10. The Kier molecular flexibility index (Phi) is 6.24. The smallest absolute Gasteiger partial charge is 0.369 e. The number of halogens is 11. The van der Waals surface area contributed by atoms with Crippen molar-refractivity contribution in [2.24, 2.45) is 0 Å². The molecule has 0 unspecified atom stereocenters. The third-order valence-corrected chi connectivity index (χ3v) is 1.63. The number of hydrogen-bond donors (Lipinski definition) is 1. The van der Waals surface area contributed by atoms with Crippen molar-refractivity contribution in [2.45, 2.75) is 30.1 Å². The van der Waals surface area contributed by atoms with Crippen LogP contribution in [0, 0.1) is 0 Å². The van der Waals surface area contributed by atoms with E-state index in [4.69, 9.17) is 5.11 Å². The van der Waals surface area contributed by atoms with Crippen LogP contribution in [0.2, 0.25) is 0 Å². The minimum absolute atomic E-state index is 0. The molecular formula is C5HF11KO. The van der Waals surface area contributed by atoms with Gasteiger partial charge in [0.15, 0.2) is 0 Å². The minimum atomic E-state index is -7.43. The predicted molar refractivity (Wildman–Crippen MR) is 33.8 cm³/mol. The molecule has 1 N–H and O–H groups in total. The van der Waals surface area contributed by atoms with Gasteiger partial charge in [0.25, 0.3) is 0 Å². The van der Waals surface area contributed by atoms with Gasteiger partial charge in [0.2, 0.25) is 0 Å². The molecule has 0 bridgehead atoms. The molecule has 0 saturated carbocycles. The van der Waals surface area contributed by atoms with Crippen LogP contribution in [0.15, 0.2) is 0 Å². The first-order valence-electron chi connectivity index (χ1n) is 3.30. The van der Waals surface area contributed by atoms with Crippen LogP contribution < -0.4 is 0 Å². The minimum Gasteiger partial charge on any atom is -0.369 e. The first kappa shape index (κ1) is 21.1. The van der Waals surface area contributed by atoms with E-state index in [1.165, 1.54) is 0 Å². The van der Waals surface area contributed by atoms with Crippen LogP contribution in [-0.4, -0.2) is 86.5 Å². The molecule has 0 heterocycles. The standard InChI is InChI=1S/C5HF11O.K/c6-2(7,5(14,15)16)1(17,3(8,9)10)4(11,12)13;/h17H;. The molecular weight excluding hydrogens is 324 g/mol. The zero-order chi connectivity index (χ0) is 14.5. The molecule has 0 aliphatic heterocycles. The second kappa shape index (κ2) is 5.31. The maximum absolute atomic E-state index is 12.2. The number of alkyl halides is 11. The molecule has 0 aromatic carbocycles. The molecule has 0 aliphatic carbocycles. The van der Waals surface area contributed by atoms with Gasteiger partial charge in [-0.05, 0) is 0 Å². The van der Waals surface area contributed by atoms with E-state index >= 15 is 0 Å². The molecule has 1 nitrogen and oxygen atoms in total. The topological polar surface area (TPSA) is 20.2 Å². The van der Waals surface area contributed by atoms with Crippen molar-refractivity contribution >= 4 is 51.4 Å². The molecule has 0 aromatic heterocycles. The number of aliphatic hydroxyl groups is 1. The van der Waals surface area contributed by atoms with Crippen molar-refractivity contribution in [3.05, 3.63) is 0 Å². The van der Waals surface area contributed by atoms with Crippen molar-refractivity contribution in [2.75, 3.05) is 0 Å². The second-order valence-corrected chi connectivity index (χ2v) is 2.78. The van der Waals surface area contributed by atoms with E-state index in [2.05, 4.69) is 0 Å². The van der Waals surface area contributed by atoms with Crippen molar-refractivity contribution in [3.63, 3.8) is 0 Å². The van der Waals surface area contributed by atoms with E-state index in [1.807, 2.05) is 0 Å². The van der Waals surface area contributed by atoms with Gasteiger partial charge in [-0.2, -0.15) is 48.3 Å². The average molecular weight is 325 g/mol. The molecule has 0 saturated heterocycles. The zero-order valence-corrected chi connectivity index (χ0v) is 11.2. The fourth-order valence-corrected chi connectivity index (χ4v) is 0.722. The molecule has 105 valence electrons. The summed E-state index contributed by atoms with van der Waals surface area (Å²) in [6, 6.07) is 0. The van der Waals surface area contributed by atoms with Crippen LogP contribution in [0.5, 0.6) is 0 Å². The summed E-state index contributed by atoms with van der Waals surface area (Å²) in [5, 5.41) is 7.83. The van der Waals surface area contributed by atoms with E-state index in [0.29, 0.717) is 0 Å². The Labute approximate surface area is 134 Å². The van der Waals surface area contributed by atoms with Gasteiger partial charge >= 0.3 is 30.1 Å².